The number of rotatable bonds is 7. The highest BCUT2D eigenvalue weighted by molar-refractivity contribution is 5.94. The van der Waals surface area contributed by atoms with Crippen LogP contribution in [0.25, 0.3) is 23.0 Å². The van der Waals surface area contributed by atoms with Crippen LogP contribution < -0.4 is 10.2 Å². The number of H-pyrrole nitrogens is 1. The molecule has 0 aliphatic rings. The van der Waals surface area contributed by atoms with Gasteiger partial charge in [-0.05, 0) is 50.3 Å². The summed E-state index contributed by atoms with van der Waals surface area (Å²) < 4.78 is 7.17. The van der Waals surface area contributed by atoms with Crippen molar-refractivity contribution in [1.82, 2.24) is 25.4 Å². The van der Waals surface area contributed by atoms with Gasteiger partial charge in [-0.1, -0.05) is 36.4 Å². The molecule has 8 heteroatoms. The van der Waals surface area contributed by atoms with Crippen molar-refractivity contribution in [1.29, 1.82) is 0 Å². The van der Waals surface area contributed by atoms with Crippen molar-refractivity contribution in [3.8, 4) is 22.7 Å². The lowest BCUT2D eigenvalue weighted by atomic mass is 10.1. The number of nitrogens with one attached hydrogen (secondary N) is 2. The quantitative estimate of drug-likeness (QED) is 0.330. The maximum atomic E-state index is 12.5. The number of carbonyl (C=O) groups is 1. The minimum Gasteiger partial charge on any atom is -0.496 e. The number of nitrogens with zero attached hydrogens (tertiary/aromatic N) is 4. The van der Waals surface area contributed by atoms with Crippen LogP contribution in [0.3, 0.4) is 0 Å². The number of amides is 1. The zero-order valence-electron chi connectivity index (χ0n) is 18.6. The van der Waals surface area contributed by atoms with Crippen molar-refractivity contribution in [2.24, 2.45) is 5.10 Å². The van der Waals surface area contributed by atoms with Crippen molar-refractivity contribution in [3.05, 3.63) is 89.4 Å². The molecule has 0 bridgehead atoms. The fourth-order valence-corrected chi connectivity index (χ4v) is 3.55. The first-order valence-corrected chi connectivity index (χ1v) is 10.4. The summed E-state index contributed by atoms with van der Waals surface area (Å²) in [6.07, 6.45) is 5.07. The molecular formula is C25H24N6O2. The van der Waals surface area contributed by atoms with E-state index in [9.17, 15) is 4.79 Å². The van der Waals surface area contributed by atoms with Crippen molar-refractivity contribution in [2.45, 2.75) is 13.8 Å². The predicted octanol–water partition coefficient (Wildman–Crippen LogP) is 4.32. The number of aromatic nitrogens is 4. The second kappa shape index (κ2) is 9.78. The first-order valence-electron chi connectivity index (χ1n) is 10.4. The molecule has 0 spiro atoms. The number of hydrogen-bond donors (Lipinski definition) is 2. The first-order chi connectivity index (χ1) is 16.1. The van der Waals surface area contributed by atoms with Crippen LogP contribution in [-0.2, 0) is 0 Å². The van der Waals surface area contributed by atoms with Crippen molar-refractivity contribution >= 4 is 18.2 Å². The molecule has 1 amide bonds. The molecule has 0 saturated carbocycles. The lowest BCUT2D eigenvalue weighted by Gasteiger charge is -2.04. The number of para-hydroxylation sites is 2. The van der Waals surface area contributed by atoms with Crippen molar-refractivity contribution < 1.29 is 9.53 Å². The number of ether oxygens (including phenoxy) is 1. The number of carbonyl (C=O) groups excluding carboxylic acids is 1. The number of aromatic amines is 1. The summed E-state index contributed by atoms with van der Waals surface area (Å²) in [4.78, 5) is 12.5. The van der Waals surface area contributed by atoms with Crippen LogP contribution >= 0.6 is 0 Å². The fraction of sp³-hybridized carbons (Fsp3) is 0.120. The summed E-state index contributed by atoms with van der Waals surface area (Å²) in [6, 6.07) is 19.2. The van der Waals surface area contributed by atoms with Gasteiger partial charge >= 0.3 is 0 Å². The summed E-state index contributed by atoms with van der Waals surface area (Å²) in [5.41, 5.74) is 7.99. The smallest absolute Gasteiger partial charge is 0.289 e. The second-order valence-electron chi connectivity index (χ2n) is 7.28. The zero-order chi connectivity index (χ0) is 23.2. The summed E-state index contributed by atoms with van der Waals surface area (Å²) in [6.45, 7) is 3.91. The molecule has 33 heavy (non-hydrogen) atoms. The van der Waals surface area contributed by atoms with Gasteiger partial charge in [0, 0.05) is 17.3 Å². The number of benzene rings is 2. The number of hydrazone groups is 1. The van der Waals surface area contributed by atoms with Crippen LogP contribution in [0, 0.1) is 13.8 Å². The van der Waals surface area contributed by atoms with Gasteiger partial charge < -0.3 is 4.74 Å². The lowest BCUT2D eigenvalue weighted by molar-refractivity contribution is 0.0950. The van der Waals surface area contributed by atoms with Crippen molar-refractivity contribution in [2.75, 3.05) is 7.11 Å². The van der Waals surface area contributed by atoms with E-state index in [0.717, 1.165) is 34.0 Å². The largest absolute Gasteiger partial charge is 0.496 e. The molecular weight excluding hydrogens is 416 g/mol. The van der Waals surface area contributed by atoms with E-state index in [0.29, 0.717) is 11.4 Å². The maximum absolute atomic E-state index is 12.5. The van der Waals surface area contributed by atoms with E-state index in [-0.39, 0.29) is 5.91 Å². The van der Waals surface area contributed by atoms with Crippen LogP contribution in [0.2, 0.25) is 0 Å². The van der Waals surface area contributed by atoms with E-state index in [1.807, 2.05) is 79.2 Å². The number of allylic oxidation sites excluding steroid dienone is 1. The van der Waals surface area contributed by atoms with Gasteiger partial charge in [0.2, 0.25) is 0 Å². The minimum atomic E-state index is -0.388. The molecule has 2 N–H and O–H groups in total. The third-order valence-corrected chi connectivity index (χ3v) is 5.11. The van der Waals surface area contributed by atoms with E-state index < -0.39 is 0 Å². The van der Waals surface area contributed by atoms with Gasteiger partial charge in [-0.25, -0.2) is 10.1 Å². The minimum absolute atomic E-state index is 0.308. The van der Waals surface area contributed by atoms with Gasteiger partial charge in [-0.3, -0.25) is 9.89 Å². The molecule has 0 saturated heterocycles. The molecule has 0 aliphatic heterocycles. The topological polar surface area (TPSA) is 97.2 Å². The molecule has 0 atom stereocenters. The number of hydrogen-bond acceptors (Lipinski definition) is 5. The van der Waals surface area contributed by atoms with Crippen LogP contribution in [0.1, 0.15) is 27.4 Å². The Morgan fingerprint density at radius 2 is 1.88 bits per heavy atom. The highest BCUT2D eigenvalue weighted by atomic mass is 16.5. The van der Waals surface area contributed by atoms with Gasteiger partial charge in [0.15, 0.2) is 0 Å². The van der Waals surface area contributed by atoms with Gasteiger partial charge in [-0.15, -0.1) is 0 Å². The van der Waals surface area contributed by atoms with E-state index in [1.165, 1.54) is 6.21 Å². The standard InChI is InChI=1S/C25H24N6O2/c1-17-24(18(2)31(30-17)20-12-5-4-6-13-20)21-16-22(28-27-21)25(32)29-26-15-9-11-19-10-7-8-14-23(19)33-3/h4-16H,1-3H3,(H,27,28)(H,29,32). The van der Waals surface area contributed by atoms with E-state index >= 15 is 0 Å². The van der Waals surface area contributed by atoms with Gasteiger partial charge in [0.1, 0.15) is 11.4 Å². The van der Waals surface area contributed by atoms with Crippen molar-refractivity contribution in [3.63, 3.8) is 0 Å². The molecule has 2 aromatic carbocycles. The maximum Gasteiger partial charge on any atom is 0.289 e. The Balaban J connectivity index is 1.44. The number of aryl methyl sites for hydroxylation is 1. The summed E-state index contributed by atoms with van der Waals surface area (Å²) in [7, 11) is 1.62. The Bertz CT molecular complexity index is 1320. The SMILES string of the molecule is COc1ccccc1C=CC=NNC(=O)c1cc(-c2c(C)nn(-c3ccccc3)c2C)n[nH]1. The van der Waals surface area contributed by atoms with Gasteiger partial charge in [0.05, 0.1) is 29.9 Å². The third-order valence-electron chi connectivity index (χ3n) is 5.11. The highest BCUT2D eigenvalue weighted by Gasteiger charge is 2.18. The molecule has 0 fully saturated rings. The Labute approximate surface area is 191 Å². The summed E-state index contributed by atoms with van der Waals surface area (Å²) >= 11 is 0. The average Bonchev–Trinajstić information content (AvgIpc) is 3.43. The molecule has 4 rings (SSSR count). The van der Waals surface area contributed by atoms with Gasteiger partial charge in [0.25, 0.3) is 5.91 Å². The fourth-order valence-electron chi connectivity index (χ4n) is 3.55. The molecule has 8 nitrogen and oxygen atoms in total. The van der Waals surface area contributed by atoms with Crippen LogP contribution in [-0.4, -0.2) is 39.2 Å². The molecule has 4 aromatic rings. The van der Waals surface area contributed by atoms with Gasteiger partial charge in [-0.2, -0.15) is 15.3 Å². The Morgan fingerprint density at radius 1 is 1.12 bits per heavy atom. The summed E-state index contributed by atoms with van der Waals surface area (Å²) in [5, 5.41) is 15.7. The second-order valence-corrected chi connectivity index (χ2v) is 7.28. The zero-order valence-corrected chi connectivity index (χ0v) is 18.6. The van der Waals surface area contributed by atoms with E-state index in [4.69, 9.17) is 4.74 Å². The molecule has 0 unspecified atom stereocenters. The highest BCUT2D eigenvalue weighted by Crippen LogP contribution is 2.27. The summed E-state index contributed by atoms with van der Waals surface area (Å²) in [5.74, 6) is 0.374. The molecule has 0 aliphatic carbocycles. The molecule has 2 heterocycles. The van der Waals surface area contributed by atoms with E-state index in [1.54, 1.807) is 19.3 Å². The molecule has 2 aromatic heterocycles. The normalized spacial score (nSPS) is 11.4. The van der Waals surface area contributed by atoms with Crippen LogP contribution in [0.15, 0.2) is 71.8 Å². The Kier molecular flexibility index (Phi) is 6.45. The predicted molar refractivity (Wildman–Crippen MR) is 129 cm³/mol. The Morgan fingerprint density at radius 3 is 2.67 bits per heavy atom. The first kappa shape index (κ1) is 21.8. The molecule has 0 radical (unpaired) electrons. The van der Waals surface area contributed by atoms with E-state index in [2.05, 4.69) is 25.8 Å². The average molecular weight is 441 g/mol. The van der Waals surface area contributed by atoms with Crippen LogP contribution in [0.5, 0.6) is 5.75 Å². The molecule has 166 valence electrons. The third kappa shape index (κ3) is 4.74. The van der Waals surface area contributed by atoms with Crippen LogP contribution in [0.4, 0.5) is 0 Å². The number of methoxy groups -OCH3 is 1. The Hall–Kier alpha value is -4.46. The monoisotopic (exact) mass is 440 g/mol. The lowest BCUT2D eigenvalue weighted by Crippen LogP contribution is -2.17.